The number of carbonyl (C=O) groups excluding carboxylic acids is 1. The maximum absolute atomic E-state index is 11.6. The highest BCUT2D eigenvalue weighted by Gasteiger charge is 2.26. The normalized spacial score (nSPS) is 10.9. The first kappa shape index (κ1) is 14.2. The maximum atomic E-state index is 11.6. The van der Waals surface area contributed by atoms with Crippen molar-refractivity contribution in [3.63, 3.8) is 0 Å². The summed E-state index contributed by atoms with van der Waals surface area (Å²) in [7, 11) is 1.62. The Morgan fingerprint density at radius 3 is 2.83 bits per heavy atom. The van der Waals surface area contributed by atoms with Crippen LogP contribution in [0.5, 0.6) is 5.88 Å². The molecule has 0 fully saturated rings. The van der Waals surface area contributed by atoms with Crippen LogP contribution in [0.3, 0.4) is 0 Å². The summed E-state index contributed by atoms with van der Waals surface area (Å²) in [5, 5.41) is 5.66. The molecular weight excluding hydrogens is 232 g/mol. The van der Waals surface area contributed by atoms with E-state index in [1.807, 2.05) is 20.8 Å². The summed E-state index contributed by atoms with van der Waals surface area (Å²) in [5.74, 6) is 0.946. The van der Waals surface area contributed by atoms with Gasteiger partial charge in [-0.1, -0.05) is 0 Å². The molecule has 1 aromatic heterocycles. The van der Waals surface area contributed by atoms with Crippen molar-refractivity contribution in [1.29, 1.82) is 0 Å². The minimum atomic E-state index is -0.528. The van der Waals surface area contributed by atoms with Gasteiger partial charge in [-0.25, -0.2) is 4.98 Å². The molecule has 6 heteroatoms. The fourth-order valence-electron chi connectivity index (χ4n) is 1.37. The number of ether oxygens (including phenoxy) is 1. The van der Waals surface area contributed by atoms with E-state index in [1.165, 1.54) is 0 Å². The number of rotatable bonds is 6. The molecule has 1 heterocycles. The van der Waals surface area contributed by atoms with Gasteiger partial charge in [-0.3, -0.25) is 4.79 Å². The molecule has 0 aliphatic rings. The molecule has 0 bridgehead atoms. The van der Waals surface area contributed by atoms with Crippen molar-refractivity contribution < 1.29 is 9.53 Å². The van der Waals surface area contributed by atoms with Gasteiger partial charge in [-0.2, -0.15) is 4.98 Å². The first-order chi connectivity index (χ1) is 8.49. The summed E-state index contributed by atoms with van der Waals surface area (Å²) in [4.78, 5) is 19.9. The zero-order chi connectivity index (χ0) is 13.6. The number of anilines is 1. The molecule has 2 N–H and O–H groups in total. The SMILES string of the molecule is CCOc1ccnc(NCC(C)(C)C(=O)NC)n1. The zero-order valence-corrected chi connectivity index (χ0v) is 11.3. The Bertz CT molecular complexity index is 407. The number of hydrogen-bond donors (Lipinski definition) is 2. The summed E-state index contributed by atoms with van der Waals surface area (Å²) in [5.41, 5.74) is -0.528. The summed E-state index contributed by atoms with van der Waals surface area (Å²) in [6.45, 7) is 6.60. The van der Waals surface area contributed by atoms with Crippen LogP contribution in [0, 0.1) is 5.41 Å². The molecule has 0 saturated carbocycles. The van der Waals surface area contributed by atoms with Crippen molar-refractivity contribution >= 4 is 11.9 Å². The van der Waals surface area contributed by atoms with Gasteiger partial charge in [0.1, 0.15) is 0 Å². The third-order valence-electron chi connectivity index (χ3n) is 2.45. The van der Waals surface area contributed by atoms with E-state index in [0.717, 1.165) is 0 Å². The van der Waals surface area contributed by atoms with Crippen molar-refractivity contribution in [1.82, 2.24) is 15.3 Å². The van der Waals surface area contributed by atoms with Crippen LogP contribution in [-0.2, 0) is 4.79 Å². The maximum Gasteiger partial charge on any atom is 0.227 e. The van der Waals surface area contributed by atoms with Gasteiger partial charge in [0.25, 0.3) is 0 Å². The van der Waals surface area contributed by atoms with Crippen LogP contribution < -0.4 is 15.4 Å². The summed E-state index contributed by atoms with van der Waals surface area (Å²) in [6, 6.07) is 1.69. The van der Waals surface area contributed by atoms with Gasteiger partial charge in [-0.05, 0) is 20.8 Å². The molecule has 0 spiro atoms. The van der Waals surface area contributed by atoms with Crippen LogP contribution in [0.1, 0.15) is 20.8 Å². The number of amides is 1. The Kier molecular flexibility index (Phi) is 4.88. The van der Waals surface area contributed by atoms with E-state index in [4.69, 9.17) is 4.74 Å². The molecule has 0 radical (unpaired) electrons. The molecule has 0 aromatic carbocycles. The number of nitrogens with one attached hydrogen (secondary N) is 2. The van der Waals surface area contributed by atoms with E-state index in [2.05, 4.69) is 20.6 Å². The molecule has 0 unspecified atom stereocenters. The number of aromatic nitrogens is 2. The van der Waals surface area contributed by atoms with Crippen molar-refractivity contribution in [3.05, 3.63) is 12.3 Å². The Morgan fingerprint density at radius 1 is 1.50 bits per heavy atom. The summed E-state index contributed by atoms with van der Waals surface area (Å²) >= 11 is 0. The van der Waals surface area contributed by atoms with Gasteiger partial charge in [0.05, 0.1) is 12.0 Å². The van der Waals surface area contributed by atoms with Gasteiger partial charge in [-0.15, -0.1) is 0 Å². The highest BCUT2D eigenvalue weighted by atomic mass is 16.5. The molecule has 0 aliphatic heterocycles. The average molecular weight is 252 g/mol. The van der Waals surface area contributed by atoms with E-state index in [0.29, 0.717) is 25.0 Å². The topological polar surface area (TPSA) is 76.1 Å². The monoisotopic (exact) mass is 252 g/mol. The second-order valence-electron chi connectivity index (χ2n) is 4.47. The largest absolute Gasteiger partial charge is 0.478 e. The van der Waals surface area contributed by atoms with Crippen LogP contribution in [0.2, 0.25) is 0 Å². The average Bonchev–Trinajstić information content (AvgIpc) is 2.36. The lowest BCUT2D eigenvalue weighted by molar-refractivity contribution is -0.128. The summed E-state index contributed by atoms with van der Waals surface area (Å²) < 4.78 is 5.28. The molecule has 100 valence electrons. The number of hydrogen-bond acceptors (Lipinski definition) is 5. The third-order valence-corrected chi connectivity index (χ3v) is 2.45. The van der Waals surface area contributed by atoms with Crippen molar-refractivity contribution in [2.24, 2.45) is 5.41 Å². The van der Waals surface area contributed by atoms with Crippen LogP contribution in [0.4, 0.5) is 5.95 Å². The van der Waals surface area contributed by atoms with Crippen LogP contribution >= 0.6 is 0 Å². The molecule has 0 saturated heterocycles. The molecule has 1 amide bonds. The van der Waals surface area contributed by atoms with E-state index >= 15 is 0 Å². The molecule has 6 nitrogen and oxygen atoms in total. The molecule has 1 aromatic rings. The van der Waals surface area contributed by atoms with Crippen LogP contribution in [-0.4, -0.2) is 36.1 Å². The van der Waals surface area contributed by atoms with Gasteiger partial charge in [0.2, 0.25) is 17.7 Å². The van der Waals surface area contributed by atoms with Crippen LogP contribution in [0.15, 0.2) is 12.3 Å². The van der Waals surface area contributed by atoms with Crippen molar-refractivity contribution in [2.45, 2.75) is 20.8 Å². The Labute approximate surface area is 107 Å². The van der Waals surface area contributed by atoms with Gasteiger partial charge in [0.15, 0.2) is 0 Å². The van der Waals surface area contributed by atoms with Crippen molar-refractivity contribution in [3.8, 4) is 5.88 Å². The first-order valence-corrected chi connectivity index (χ1v) is 5.91. The van der Waals surface area contributed by atoms with Gasteiger partial charge >= 0.3 is 0 Å². The number of carbonyl (C=O) groups is 1. The Hall–Kier alpha value is -1.85. The lowest BCUT2D eigenvalue weighted by Crippen LogP contribution is -2.39. The highest BCUT2D eigenvalue weighted by Crippen LogP contribution is 2.16. The quantitative estimate of drug-likeness (QED) is 0.791. The smallest absolute Gasteiger partial charge is 0.227 e. The fourth-order valence-corrected chi connectivity index (χ4v) is 1.37. The predicted molar refractivity (Wildman–Crippen MR) is 69.5 cm³/mol. The van der Waals surface area contributed by atoms with E-state index < -0.39 is 5.41 Å². The Balaban J connectivity index is 2.63. The van der Waals surface area contributed by atoms with Gasteiger partial charge in [0, 0.05) is 25.9 Å². The van der Waals surface area contributed by atoms with Gasteiger partial charge < -0.3 is 15.4 Å². The standard InChI is InChI=1S/C12H20N4O2/c1-5-18-9-6-7-14-11(16-9)15-8-12(2,3)10(17)13-4/h6-7H,5,8H2,1-4H3,(H,13,17)(H,14,15,16). The predicted octanol–water partition coefficient (Wildman–Crippen LogP) is 1.06. The van der Waals surface area contributed by atoms with E-state index in [-0.39, 0.29) is 5.91 Å². The molecular formula is C12H20N4O2. The fraction of sp³-hybridized carbons (Fsp3) is 0.583. The molecule has 0 atom stereocenters. The molecule has 0 aliphatic carbocycles. The first-order valence-electron chi connectivity index (χ1n) is 5.91. The summed E-state index contributed by atoms with van der Waals surface area (Å²) in [6.07, 6.45) is 1.62. The zero-order valence-electron chi connectivity index (χ0n) is 11.3. The molecule has 18 heavy (non-hydrogen) atoms. The third kappa shape index (κ3) is 3.87. The van der Waals surface area contributed by atoms with E-state index in [1.54, 1.807) is 19.3 Å². The minimum absolute atomic E-state index is 0.0315. The lowest BCUT2D eigenvalue weighted by Gasteiger charge is -2.22. The van der Waals surface area contributed by atoms with Crippen molar-refractivity contribution in [2.75, 3.05) is 25.5 Å². The van der Waals surface area contributed by atoms with E-state index in [9.17, 15) is 4.79 Å². The second kappa shape index (κ2) is 6.18. The van der Waals surface area contributed by atoms with Crippen LogP contribution in [0.25, 0.3) is 0 Å². The number of nitrogens with zero attached hydrogens (tertiary/aromatic N) is 2. The second-order valence-corrected chi connectivity index (χ2v) is 4.47. The Morgan fingerprint density at radius 2 is 2.22 bits per heavy atom. The lowest BCUT2D eigenvalue weighted by atomic mass is 9.92. The highest BCUT2D eigenvalue weighted by molar-refractivity contribution is 5.82. The molecule has 1 rings (SSSR count). The minimum Gasteiger partial charge on any atom is -0.478 e.